The summed E-state index contributed by atoms with van der Waals surface area (Å²) in [6.07, 6.45) is 0. The average molecular weight is 341 g/mol. The molecule has 0 fully saturated rings. The van der Waals surface area contributed by atoms with Gasteiger partial charge in [0, 0.05) is 16.7 Å². The Bertz CT molecular complexity index is 750. The molecule has 0 saturated heterocycles. The number of nitrogens with two attached hydrogens (primary N) is 1. The van der Waals surface area contributed by atoms with Crippen LogP contribution in [0.25, 0.3) is 0 Å². The van der Waals surface area contributed by atoms with Gasteiger partial charge in [0.1, 0.15) is 12.4 Å². The van der Waals surface area contributed by atoms with E-state index in [2.05, 4.69) is 0 Å². The number of halogens is 2. The minimum atomic E-state index is -0.740. The molecule has 2 N–H and O–H groups in total. The average Bonchev–Trinajstić information content (AvgIpc) is 2.46. The standard InChI is InChI=1S/C14H10Cl2N2O4/c15-10-3-4-13(11(16)6-10)22-7-9-2-1-8(14(17)19)5-12(9)18(20)21/h1-6H,7H2,(H2,17,19). The fourth-order valence-corrected chi connectivity index (χ4v) is 2.22. The van der Waals surface area contributed by atoms with Crippen LogP contribution in [0.4, 0.5) is 5.69 Å². The van der Waals surface area contributed by atoms with Crippen LogP contribution in [0.3, 0.4) is 0 Å². The van der Waals surface area contributed by atoms with Crippen molar-refractivity contribution >= 4 is 34.8 Å². The van der Waals surface area contributed by atoms with Gasteiger partial charge >= 0.3 is 0 Å². The van der Waals surface area contributed by atoms with Crippen LogP contribution in [-0.2, 0) is 6.61 Å². The maximum Gasteiger partial charge on any atom is 0.276 e. The fraction of sp³-hybridized carbons (Fsp3) is 0.0714. The van der Waals surface area contributed by atoms with Crippen LogP contribution in [0, 0.1) is 10.1 Å². The van der Waals surface area contributed by atoms with Crippen molar-refractivity contribution in [1.82, 2.24) is 0 Å². The Morgan fingerprint density at radius 1 is 1.23 bits per heavy atom. The highest BCUT2D eigenvalue weighted by Gasteiger charge is 2.17. The highest BCUT2D eigenvalue weighted by Crippen LogP contribution is 2.29. The molecule has 2 aromatic rings. The molecule has 0 radical (unpaired) electrons. The molecule has 0 aliphatic rings. The number of rotatable bonds is 5. The maximum atomic E-state index is 11.1. The maximum absolute atomic E-state index is 11.1. The number of hydrogen-bond donors (Lipinski definition) is 1. The van der Waals surface area contributed by atoms with Gasteiger partial charge in [-0.25, -0.2) is 0 Å². The lowest BCUT2D eigenvalue weighted by atomic mass is 10.1. The smallest absolute Gasteiger partial charge is 0.276 e. The molecule has 2 rings (SSSR count). The number of carbonyl (C=O) groups is 1. The molecule has 0 atom stereocenters. The number of benzene rings is 2. The van der Waals surface area contributed by atoms with Crippen molar-refractivity contribution in [1.29, 1.82) is 0 Å². The van der Waals surface area contributed by atoms with Gasteiger partial charge in [0.15, 0.2) is 0 Å². The Hall–Kier alpha value is -2.31. The van der Waals surface area contributed by atoms with Crippen LogP contribution in [0.15, 0.2) is 36.4 Å². The van der Waals surface area contributed by atoms with Crippen molar-refractivity contribution in [3.63, 3.8) is 0 Å². The predicted molar refractivity (Wildman–Crippen MR) is 82.4 cm³/mol. The number of ether oxygens (including phenoxy) is 1. The Labute approximate surface area is 135 Å². The van der Waals surface area contributed by atoms with Gasteiger partial charge < -0.3 is 10.5 Å². The first-order valence-electron chi connectivity index (χ1n) is 6.03. The van der Waals surface area contributed by atoms with Crippen molar-refractivity contribution in [2.75, 3.05) is 0 Å². The van der Waals surface area contributed by atoms with E-state index < -0.39 is 10.8 Å². The molecule has 22 heavy (non-hydrogen) atoms. The summed E-state index contributed by atoms with van der Waals surface area (Å²) < 4.78 is 5.46. The van der Waals surface area contributed by atoms with E-state index in [1.54, 1.807) is 12.1 Å². The van der Waals surface area contributed by atoms with Crippen LogP contribution in [0.5, 0.6) is 5.75 Å². The van der Waals surface area contributed by atoms with Crippen molar-refractivity contribution in [2.24, 2.45) is 5.73 Å². The molecule has 0 aromatic heterocycles. The van der Waals surface area contributed by atoms with Crippen LogP contribution in [0.1, 0.15) is 15.9 Å². The Morgan fingerprint density at radius 3 is 2.55 bits per heavy atom. The second-order valence-corrected chi connectivity index (χ2v) is 5.17. The van der Waals surface area contributed by atoms with Gasteiger partial charge in [0.05, 0.1) is 15.5 Å². The third-order valence-electron chi connectivity index (χ3n) is 2.84. The lowest BCUT2D eigenvalue weighted by Gasteiger charge is -2.09. The minimum absolute atomic E-state index is 0.0555. The zero-order valence-electron chi connectivity index (χ0n) is 11.1. The van der Waals surface area contributed by atoms with Crippen LogP contribution in [-0.4, -0.2) is 10.8 Å². The molecule has 0 spiro atoms. The third kappa shape index (κ3) is 3.66. The quantitative estimate of drug-likeness (QED) is 0.664. The Balaban J connectivity index is 2.25. The van der Waals surface area contributed by atoms with E-state index in [9.17, 15) is 14.9 Å². The fourth-order valence-electron chi connectivity index (χ4n) is 1.76. The largest absolute Gasteiger partial charge is 0.487 e. The highest BCUT2D eigenvalue weighted by molar-refractivity contribution is 6.35. The molecule has 0 aliphatic carbocycles. The van der Waals surface area contributed by atoms with Crippen molar-refractivity contribution in [3.8, 4) is 5.75 Å². The molecule has 1 amide bonds. The lowest BCUT2D eigenvalue weighted by molar-refractivity contribution is -0.385. The number of primary amides is 1. The highest BCUT2D eigenvalue weighted by atomic mass is 35.5. The van der Waals surface area contributed by atoms with E-state index >= 15 is 0 Å². The molecule has 0 saturated carbocycles. The topological polar surface area (TPSA) is 95.5 Å². The number of hydrogen-bond acceptors (Lipinski definition) is 4. The van der Waals surface area contributed by atoms with Gasteiger partial charge in [-0.2, -0.15) is 0 Å². The van der Waals surface area contributed by atoms with Crippen LogP contribution >= 0.6 is 23.2 Å². The van der Waals surface area contributed by atoms with Gasteiger partial charge in [-0.05, 0) is 30.3 Å². The molecular formula is C14H10Cl2N2O4. The SMILES string of the molecule is NC(=O)c1ccc(COc2ccc(Cl)cc2Cl)c([N+](=O)[O-])c1. The zero-order chi connectivity index (χ0) is 16.3. The molecule has 114 valence electrons. The van der Waals surface area contributed by atoms with Crippen molar-refractivity contribution in [3.05, 3.63) is 67.7 Å². The molecule has 8 heteroatoms. The Morgan fingerprint density at radius 2 is 1.95 bits per heavy atom. The summed E-state index contributed by atoms with van der Waals surface area (Å²) in [4.78, 5) is 21.6. The summed E-state index contributed by atoms with van der Waals surface area (Å²) in [5.74, 6) is -0.393. The normalized spacial score (nSPS) is 10.3. The summed E-state index contributed by atoms with van der Waals surface area (Å²) >= 11 is 11.7. The first-order valence-corrected chi connectivity index (χ1v) is 6.79. The number of nitro benzene ring substituents is 1. The lowest BCUT2D eigenvalue weighted by Crippen LogP contribution is -2.12. The summed E-state index contributed by atoms with van der Waals surface area (Å²) in [5, 5.41) is 11.8. The summed E-state index contributed by atoms with van der Waals surface area (Å²) in [5.41, 5.74) is 5.21. The number of amides is 1. The second-order valence-electron chi connectivity index (χ2n) is 4.33. The minimum Gasteiger partial charge on any atom is -0.487 e. The predicted octanol–water partition coefficient (Wildman–Crippen LogP) is 3.58. The summed E-state index contributed by atoms with van der Waals surface area (Å²) in [7, 11) is 0. The van der Waals surface area contributed by atoms with Gasteiger partial charge in [-0.15, -0.1) is 0 Å². The first kappa shape index (κ1) is 16.1. The monoisotopic (exact) mass is 340 g/mol. The van der Waals surface area contributed by atoms with E-state index in [0.29, 0.717) is 21.4 Å². The number of nitro groups is 1. The van der Waals surface area contributed by atoms with Crippen molar-refractivity contribution in [2.45, 2.75) is 6.61 Å². The molecule has 0 unspecified atom stereocenters. The van der Waals surface area contributed by atoms with E-state index in [4.69, 9.17) is 33.7 Å². The van der Waals surface area contributed by atoms with Gasteiger partial charge in [0.25, 0.3) is 5.69 Å². The van der Waals surface area contributed by atoms with Crippen LogP contribution < -0.4 is 10.5 Å². The molecular weight excluding hydrogens is 331 g/mol. The first-order chi connectivity index (χ1) is 10.4. The number of carbonyl (C=O) groups excluding carboxylic acids is 1. The van der Waals surface area contributed by atoms with Crippen molar-refractivity contribution < 1.29 is 14.5 Å². The zero-order valence-corrected chi connectivity index (χ0v) is 12.6. The third-order valence-corrected chi connectivity index (χ3v) is 3.37. The van der Waals surface area contributed by atoms with Gasteiger partial charge in [-0.3, -0.25) is 14.9 Å². The van der Waals surface area contributed by atoms with E-state index in [1.807, 2.05) is 0 Å². The molecule has 0 bridgehead atoms. The van der Waals surface area contributed by atoms with E-state index in [1.165, 1.54) is 18.2 Å². The Kier molecular flexibility index (Phi) is 4.85. The van der Waals surface area contributed by atoms with Crippen LogP contribution in [0.2, 0.25) is 10.0 Å². The van der Waals surface area contributed by atoms with E-state index in [-0.39, 0.29) is 17.9 Å². The molecule has 0 heterocycles. The molecule has 2 aromatic carbocycles. The molecule has 6 nitrogen and oxygen atoms in total. The van der Waals surface area contributed by atoms with Gasteiger partial charge in [-0.1, -0.05) is 23.2 Å². The van der Waals surface area contributed by atoms with Gasteiger partial charge in [0.2, 0.25) is 5.91 Å². The molecule has 0 aliphatic heterocycles. The summed E-state index contributed by atoms with van der Waals surface area (Å²) in [6.45, 7) is -0.0866. The van der Waals surface area contributed by atoms with E-state index in [0.717, 1.165) is 6.07 Å². The number of nitrogens with zero attached hydrogens (tertiary/aromatic N) is 1. The second kappa shape index (κ2) is 6.64. The summed E-state index contributed by atoms with van der Waals surface area (Å²) in [6, 6.07) is 8.59.